The van der Waals surface area contributed by atoms with Gasteiger partial charge in [-0.25, -0.2) is 23.1 Å². The molecule has 3 heterocycles. The van der Waals surface area contributed by atoms with Crippen LogP contribution in [0.5, 0.6) is 0 Å². The molecule has 47 heavy (non-hydrogen) atoms. The first-order valence-corrected chi connectivity index (χ1v) is 17.4. The lowest BCUT2D eigenvalue weighted by molar-refractivity contribution is -0.137. The average Bonchev–Trinajstić information content (AvgIpc) is 3.03. The summed E-state index contributed by atoms with van der Waals surface area (Å²) in [5.74, 6) is -2.86. The smallest absolute Gasteiger partial charge is 0.388 e. The number of halogens is 6. The van der Waals surface area contributed by atoms with E-state index in [9.17, 15) is 27.1 Å². The van der Waals surface area contributed by atoms with Crippen molar-refractivity contribution in [2.45, 2.75) is 106 Å². The van der Waals surface area contributed by atoms with Crippen LogP contribution in [0.4, 0.5) is 32.3 Å². The standard InChI is InChI=1S/C35H40F6N4OS/c1-33(2)16-25-28(26(46)17-33)27(20-8-12-34(37,38)13-9-20)29(30(36)21-4-6-23(7-5-21)35(39,40)41)31(44-25)22-10-14-45(15-11-22)32-42-18-24(47-3)19-43-32/h4-7,18-20,22,26,30,46H,8-17H2,1-3H3. The summed E-state index contributed by atoms with van der Waals surface area (Å²) in [5, 5.41) is 11.6. The number of pyridine rings is 1. The minimum atomic E-state index is -4.58. The van der Waals surface area contributed by atoms with Crippen molar-refractivity contribution < 1.29 is 31.4 Å². The molecule has 3 aliphatic rings. The van der Waals surface area contributed by atoms with E-state index >= 15 is 4.39 Å². The number of thioether (sulfide) groups is 1. The van der Waals surface area contributed by atoms with E-state index in [4.69, 9.17) is 4.98 Å². The van der Waals surface area contributed by atoms with Crippen molar-refractivity contribution in [3.05, 3.63) is 75.9 Å². The van der Waals surface area contributed by atoms with Crippen LogP contribution in [0.3, 0.4) is 0 Å². The number of aliphatic hydroxyl groups is 1. The van der Waals surface area contributed by atoms with Crippen LogP contribution in [0.15, 0.2) is 41.6 Å². The normalized spacial score (nSPS) is 22.6. The molecule has 2 aliphatic carbocycles. The number of piperidine rings is 1. The molecule has 5 nitrogen and oxygen atoms in total. The zero-order chi connectivity index (χ0) is 33.7. The first kappa shape index (κ1) is 34.0. The molecule has 2 fully saturated rings. The van der Waals surface area contributed by atoms with Crippen LogP contribution in [0.1, 0.15) is 122 Å². The predicted molar refractivity (Wildman–Crippen MR) is 170 cm³/mol. The van der Waals surface area contributed by atoms with Crippen LogP contribution < -0.4 is 4.90 Å². The summed E-state index contributed by atoms with van der Waals surface area (Å²) in [6.45, 7) is 5.24. The first-order valence-electron chi connectivity index (χ1n) is 16.2. The summed E-state index contributed by atoms with van der Waals surface area (Å²) < 4.78 is 86.2. The number of aliphatic hydroxyl groups excluding tert-OH is 1. The summed E-state index contributed by atoms with van der Waals surface area (Å²) in [4.78, 5) is 17.1. The largest absolute Gasteiger partial charge is 0.416 e. The van der Waals surface area contributed by atoms with Crippen LogP contribution in [0.25, 0.3) is 0 Å². The molecule has 1 N–H and O–H groups in total. The summed E-state index contributed by atoms with van der Waals surface area (Å²) >= 11 is 1.55. The molecule has 1 saturated heterocycles. The second-order valence-electron chi connectivity index (χ2n) is 14.0. The third-order valence-corrected chi connectivity index (χ3v) is 10.8. The van der Waals surface area contributed by atoms with Gasteiger partial charge in [0.1, 0.15) is 0 Å². The number of alkyl halides is 6. The monoisotopic (exact) mass is 678 g/mol. The van der Waals surface area contributed by atoms with Gasteiger partial charge in [0.25, 0.3) is 0 Å². The van der Waals surface area contributed by atoms with Gasteiger partial charge in [-0.3, -0.25) is 4.98 Å². The fourth-order valence-corrected chi connectivity index (χ4v) is 7.96. The van der Waals surface area contributed by atoms with Gasteiger partial charge in [-0.15, -0.1) is 11.8 Å². The van der Waals surface area contributed by atoms with E-state index < -0.39 is 35.9 Å². The van der Waals surface area contributed by atoms with Gasteiger partial charge in [-0.1, -0.05) is 26.0 Å². The fourth-order valence-electron chi connectivity index (χ4n) is 7.65. The number of anilines is 1. The molecule has 2 aromatic heterocycles. The number of hydrogen-bond donors (Lipinski definition) is 1. The molecular formula is C35H40F6N4OS. The Kier molecular flexibility index (Phi) is 9.32. The number of aromatic nitrogens is 3. The highest BCUT2D eigenvalue weighted by Gasteiger charge is 2.43. The minimum Gasteiger partial charge on any atom is -0.388 e. The minimum absolute atomic E-state index is 0.0359. The van der Waals surface area contributed by atoms with E-state index in [1.807, 2.05) is 20.1 Å². The molecule has 12 heteroatoms. The summed E-state index contributed by atoms with van der Waals surface area (Å²) in [5.41, 5.74) is 1.34. The third kappa shape index (κ3) is 7.14. The molecule has 3 aromatic rings. The van der Waals surface area contributed by atoms with Crippen molar-refractivity contribution in [2.24, 2.45) is 5.41 Å². The molecule has 0 bridgehead atoms. The Balaban J connectivity index is 1.46. The average molecular weight is 679 g/mol. The molecule has 1 aliphatic heterocycles. The van der Waals surface area contributed by atoms with Crippen molar-refractivity contribution in [2.75, 3.05) is 24.2 Å². The zero-order valence-electron chi connectivity index (χ0n) is 26.8. The van der Waals surface area contributed by atoms with Crippen LogP contribution in [-0.2, 0) is 12.6 Å². The van der Waals surface area contributed by atoms with Crippen molar-refractivity contribution in [1.29, 1.82) is 0 Å². The number of fused-ring (bicyclic) bond motifs is 1. The maximum absolute atomic E-state index is 17.2. The highest BCUT2D eigenvalue weighted by molar-refractivity contribution is 7.98. The van der Waals surface area contributed by atoms with Crippen molar-refractivity contribution in [3.8, 4) is 0 Å². The Labute approximate surface area is 275 Å². The second-order valence-corrected chi connectivity index (χ2v) is 14.9. The van der Waals surface area contributed by atoms with Gasteiger partial charge in [-0.05, 0) is 79.4 Å². The molecule has 6 rings (SSSR count). The summed E-state index contributed by atoms with van der Waals surface area (Å²) in [6, 6.07) is 4.03. The van der Waals surface area contributed by atoms with Crippen LogP contribution >= 0.6 is 11.8 Å². The SMILES string of the molecule is CSc1cnc(N2CCC(c3nc4c(c(C5CCC(F)(F)CC5)c3C(F)c3ccc(C(F)(F)F)cc3)C(O)CC(C)(C)C4)CC2)nc1. The summed E-state index contributed by atoms with van der Waals surface area (Å²) in [7, 11) is 0. The van der Waals surface area contributed by atoms with Crippen LogP contribution in [0, 0.1) is 5.41 Å². The molecule has 1 saturated carbocycles. The van der Waals surface area contributed by atoms with E-state index in [0.29, 0.717) is 67.2 Å². The van der Waals surface area contributed by atoms with Gasteiger partial charge in [-0.2, -0.15) is 13.2 Å². The van der Waals surface area contributed by atoms with Crippen LogP contribution in [0.2, 0.25) is 0 Å². The predicted octanol–water partition coefficient (Wildman–Crippen LogP) is 9.35. The maximum Gasteiger partial charge on any atom is 0.416 e. The van der Waals surface area contributed by atoms with E-state index in [2.05, 4.69) is 14.9 Å². The molecule has 0 spiro atoms. The quantitative estimate of drug-likeness (QED) is 0.207. The lowest BCUT2D eigenvalue weighted by atomic mass is 9.68. The van der Waals surface area contributed by atoms with Crippen molar-refractivity contribution in [3.63, 3.8) is 0 Å². The Morgan fingerprint density at radius 3 is 2.13 bits per heavy atom. The van der Waals surface area contributed by atoms with E-state index in [-0.39, 0.29) is 48.1 Å². The van der Waals surface area contributed by atoms with Gasteiger partial charge in [0, 0.05) is 66.0 Å². The second kappa shape index (κ2) is 12.9. The lowest BCUT2D eigenvalue weighted by Gasteiger charge is -2.41. The van der Waals surface area contributed by atoms with Gasteiger partial charge in [0.15, 0.2) is 6.17 Å². The zero-order valence-corrected chi connectivity index (χ0v) is 27.6. The maximum atomic E-state index is 17.2. The topological polar surface area (TPSA) is 62.1 Å². The Morgan fingerprint density at radius 1 is 0.936 bits per heavy atom. The number of hydrogen-bond acceptors (Lipinski definition) is 6. The molecule has 2 unspecified atom stereocenters. The van der Waals surface area contributed by atoms with Crippen molar-refractivity contribution >= 4 is 17.7 Å². The highest BCUT2D eigenvalue weighted by Crippen LogP contribution is 2.52. The Morgan fingerprint density at radius 2 is 1.55 bits per heavy atom. The van der Waals surface area contributed by atoms with Gasteiger partial charge >= 0.3 is 6.18 Å². The highest BCUT2D eigenvalue weighted by atomic mass is 32.2. The van der Waals surface area contributed by atoms with Gasteiger partial charge < -0.3 is 10.0 Å². The number of benzene rings is 1. The third-order valence-electron chi connectivity index (χ3n) is 10.1. The molecule has 2 atom stereocenters. The van der Waals surface area contributed by atoms with E-state index in [1.54, 1.807) is 24.2 Å². The summed E-state index contributed by atoms with van der Waals surface area (Å²) in [6.07, 6.45) is -0.238. The van der Waals surface area contributed by atoms with Crippen LogP contribution in [-0.4, -0.2) is 45.3 Å². The van der Waals surface area contributed by atoms with E-state index in [1.165, 1.54) is 0 Å². The lowest BCUT2D eigenvalue weighted by Crippen LogP contribution is -2.36. The Hall–Kier alpha value is -2.86. The number of rotatable bonds is 6. The van der Waals surface area contributed by atoms with Gasteiger partial charge in [0.2, 0.25) is 11.9 Å². The molecule has 0 amide bonds. The number of nitrogens with zero attached hydrogens (tertiary/aromatic N) is 4. The molecule has 254 valence electrons. The molecule has 1 aromatic carbocycles. The molecular weight excluding hydrogens is 638 g/mol. The fraction of sp³-hybridized carbons (Fsp3) is 0.571. The Bertz CT molecular complexity index is 1560. The van der Waals surface area contributed by atoms with Gasteiger partial charge in [0.05, 0.1) is 17.4 Å². The first-order chi connectivity index (χ1) is 22.2. The van der Waals surface area contributed by atoms with Crippen molar-refractivity contribution in [1.82, 2.24) is 15.0 Å². The molecule has 0 radical (unpaired) electrons. The van der Waals surface area contributed by atoms with E-state index in [0.717, 1.165) is 29.2 Å².